The summed E-state index contributed by atoms with van der Waals surface area (Å²) in [4.78, 5) is 21.9. The van der Waals surface area contributed by atoms with Crippen molar-refractivity contribution in [1.82, 2.24) is 19.9 Å². The van der Waals surface area contributed by atoms with Crippen molar-refractivity contribution in [1.29, 1.82) is 0 Å². The molecule has 0 spiro atoms. The maximum atomic E-state index is 6.99. The average Bonchev–Trinajstić information content (AvgIpc) is 1.48. The zero-order valence-corrected chi connectivity index (χ0v) is 53.6. The van der Waals surface area contributed by atoms with E-state index in [0.717, 1.165) is 200 Å². The van der Waals surface area contributed by atoms with E-state index in [1.807, 2.05) is 60.7 Å². The van der Waals surface area contributed by atoms with Crippen molar-refractivity contribution in [2.24, 2.45) is 0 Å². The number of benzene rings is 14. The number of fused-ring (bicyclic) bond motifs is 12. The van der Waals surface area contributed by atoms with Crippen molar-refractivity contribution in [3.05, 3.63) is 328 Å². The first-order valence-electron chi connectivity index (χ1n) is 33.5. The molecular weight excluding hydrogens is 1230 g/mol. The Morgan fingerprint density at radius 1 is 0.160 bits per heavy atom. The molecule has 0 saturated carbocycles. The summed E-state index contributed by atoms with van der Waals surface area (Å²) < 4.78 is 27.0. The summed E-state index contributed by atoms with van der Waals surface area (Å²) in [5.41, 5.74) is 25.1. The molecular formula is C92H54N4O4. The quantitative estimate of drug-likeness (QED) is 0.126. The number of para-hydroxylation sites is 7. The second-order valence-electron chi connectivity index (χ2n) is 25.5. The molecule has 0 amide bonds. The molecule has 0 unspecified atom stereocenters. The minimum atomic E-state index is 0.545. The minimum Gasteiger partial charge on any atom is -0.455 e. The van der Waals surface area contributed by atoms with Crippen LogP contribution < -0.4 is 0 Å². The summed E-state index contributed by atoms with van der Waals surface area (Å²) in [6.45, 7) is 0. The second-order valence-corrected chi connectivity index (χ2v) is 25.5. The Labute approximate surface area is 573 Å². The van der Waals surface area contributed by atoms with Gasteiger partial charge in [-0.1, -0.05) is 224 Å². The molecule has 0 bridgehead atoms. The lowest BCUT2D eigenvalue weighted by Gasteiger charge is -2.14. The fourth-order valence-corrected chi connectivity index (χ4v) is 14.7. The van der Waals surface area contributed by atoms with Crippen LogP contribution in [-0.2, 0) is 0 Å². The van der Waals surface area contributed by atoms with Crippen LogP contribution in [0.4, 0.5) is 0 Å². The summed E-state index contributed by atoms with van der Waals surface area (Å²) in [6, 6.07) is 114. The van der Waals surface area contributed by atoms with Gasteiger partial charge in [-0.25, -0.2) is 19.9 Å². The van der Waals surface area contributed by atoms with Gasteiger partial charge < -0.3 is 17.7 Å². The first kappa shape index (κ1) is 56.8. The van der Waals surface area contributed by atoms with Crippen LogP contribution in [0.15, 0.2) is 345 Å². The fourth-order valence-electron chi connectivity index (χ4n) is 14.7. The smallest absolute Gasteiger partial charge is 0.164 e. The summed E-state index contributed by atoms with van der Waals surface area (Å²) in [5.74, 6) is 1.12. The molecule has 0 saturated heterocycles. The van der Waals surface area contributed by atoms with Crippen LogP contribution >= 0.6 is 0 Å². The van der Waals surface area contributed by atoms with Crippen LogP contribution in [0.25, 0.3) is 211 Å². The molecule has 20 aromatic rings. The molecule has 0 fully saturated rings. The summed E-state index contributed by atoms with van der Waals surface area (Å²) in [6.07, 6.45) is 0. The first-order valence-corrected chi connectivity index (χ1v) is 33.5. The minimum absolute atomic E-state index is 0.545. The maximum absolute atomic E-state index is 6.99. The molecule has 14 aromatic carbocycles. The van der Waals surface area contributed by atoms with E-state index in [2.05, 4.69) is 267 Å². The van der Waals surface area contributed by atoms with Gasteiger partial charge >= 0.3 is 0 Å². The lowest BCUT2D eigenvalue weighted by Crippen LogP contribution is -1.97. The predicted octanol–water partition coefficient (Wildman–Crippen LogP) is 25.2. The summed E-state index contributed by atoms with van der Waals surface area (Å²) >= 11 is 0. The van der Waals surface area contributed by atoms with Gasteiger partial charge in [0.05, 0.1) is 28.3 Å². The van der Waals surface area contributed by atoms with Crippen molar-refractivity contribution in [2.45, 2.75) is 0 Å². The monoisotopic (exact) mass is 1280 g/mol. The predicted molar refractivity (Wildman–Crippen MR) is 407 cm³/mol. The number of hydrogen-bond donors (Lipinski definition) is 0. The van der Waals surface area contributed by atoms with Crippen LogP contribution in [0.2, 0.25) is 0 Å². The van der Waals surface area contributed by atoms with Gasteiger partial charge in [-0.15, -0.1) is 0 Å². The molecule has 100 heavy (non-hydrogen) atoms. The van der Waals surface area contributed by atoms with E-state index >= 15 is 0 Å². The van der Waals surface area contributed by atoms with E-state index in [0.29, 0.717) is 11.6 Å². The first-order chi connectivity index (χ1) is 49.5. The Hall–Kier alpha value is -13.6. The highest BCUT2D eigenvalue weighted by Crippen LogP contribution is 2.45. The van der Waals surface area contributed by atoms with Crippen molar-refractivity contribution >= 4 is 87.8 Å². The van der Waals surface area contributed by atoms with E-state index < -0.39 is 0 Å². The maximum Gasteiger partial charge on any atom is 0.164 e. The van der Waals surface area contributed by atoms with Gasteiger partial charge in [0.2, 0.25) is 0 Å². The number of rotatable bonds is 11. The van der Waals surface area contributed by atoms with Gasteiger partial charge in [0.1, 0.15) is 44.7 Å². The van der Waals surface area contributed by atoms with E-state index in [1.54, 1.807) is 0 Å². The Morgan fingerprint density at radius 3 is 0.910 bits per heavy atom. The SMILES string of the molecule is c1ccc(-c2cc(-c3ccc(-c4ccc5oc6c(-c7cc(-c8cccc9c8oc8ccccc89)nc(-c8cc(-c9ccccc9)cc(-c9ccccc9)c8)n7)cccc6c5c4)cc3)cc(-c3cc(-c4cccc5c4oc4ccccc45)nc(-c4cccc5c4oc4ccccc45)n3)c2)cc1. The average molecular weight is 1280 g/mol. The molecule has 0 N–H and O–H groups in total. The third-order valence-corrected chi connectivity index (χ3v) is 19.5. The molecule has 0 aliphatic rings. The van der Waals surface area contributed by atoms with Crippen LogP contribution in [-0.4, -0.2) is 19.9 Å². The third kappa shape index (κ3) is 9.68. The largest absolute Gasteiger partial charge is 0.455 e. The molecule has 466 valence electrons. The molecule has 0 radical (unpaired) electrons. The molecule has 6 aromatic heterocycles. The van der Waals surface area contributed by atoms with Crippen molar-refractivity contribution in [2.75, 3.05) is 0 Å². The lowest BCUT2D eigenvalue weighted by molar-refractivity contribution is 0.669. The molecule has 0 atom stereocenters. The molecule has 8 nitrogen and oxygen atoms in total. The van der Waals surface area contributed by atoms with Crippen molar-refractivity contribution in [3.63, 3.8) is 0 Å². The zero-order valence-electron chi connectivity index (χ0n) is 53.6. The van der Waals surface area contributed by atoms with Crippen LogP contribution in [0.1, 0.15) is 0 Å². The Morgan fingerprint density at radius 2 is 0.460 bits per heavy atom. The molecule has 6 heterocycles. The lowest BCUT2D eigenvalue weighted by atomic mass is 9.93. The fraction of sp³-hybridized carbons (Fsp3) is 0. The Kier molecular flexibility index (Phi) is 13.1. The highest BCUT2D eigenvalue weighted by atomic mass is 16.3. The molecule has 0 aliphatic heterocycles. The van der Waals surface area contributed by atoms with Gasteiger partial charge in [-0.05, 0) is 159 Å². The zero-order chi connectivity index (χ0) is 65.8. The van der Waals surface area contributed by atoms with Crippen molar-refractivity contribution in [3.8, 4) is 123 Å². The Bertz CT molecular complexity index is 6460. The van der Waals surface area contributed by atoms with Gasteiger partial charge in [-0.2, -0.15) is 0 Å². The van der Waals surface area contributed by atoms with E-state index in [4.69, 9.17) is 37.6 Å². The molecule has 20 rings (SSSR count). The van der Waals surface area contributed by atoms with Crippen molar-refractivity contribution < 1.29 is 17.7 Å². The van der Waals surface area contributed by atoms with Crippen LogP contribution in [0, 0.1) is 0 Å². The number of furan rings is 4. The highest BCUT2D eigenvalue weighted by Gasteiger charge is 2.24. The second kappa shape index (κ2) is 23.1. The highest BCUT2D eigenvalue weighted by molar-refractivity contribution is 6.14. The van der Waals surface area contributed by atoms with Crippen LogP contribution in [0.3, 0.4) is 0 Å². The summed E-state index contributed by atoms with van der Waals surface area (Å²) in [5, 5.41) is 8.17. The molecule has 8 heteroatoms. The Balaban J connectivity index is 0.701. The third-order valence-electron chi connectivity index (χ3n) is 19.5. The van der Waals surface area contributed by atoms with Gasteiger partial charge in [0.25, 0.3) is 0 Å². The van der Waals surface area contributed by atoms with Gasteiger partial charge in [-0.3, -0.25) is 0 Å². The standard InChI is InChI=1S/C92H54N4O4/c1-4-20-55(21-5-1)61-46-62(49-65(48-61)79-53-80(74-33-16-29-70-67-26-10-13-37-83(67)97-87(70)74)96-92(93-79)77-36-19-31-72-69-28-12-15-39-85(69)99-90(72)77)59-42-40-58(41-43-59)60-44-45-86-78(52-60)73-32-18-35-76(89(73)100-86)82-54-81(75-34-17-30-71-68-27-11-14-38-84(68)98-88(71)75)94-91(95-82)66-50-63(56-22-6-2-7-23-56)47-64(51-66)57-24-8-3-9-25-57/h1-54H. The van der Waals surface area contributed by atoms with E-state index in [1.165, 1.54) is 0 Å². The number of hydrogen-bond acceptors (Lipinski definition) is 8. The topological polar surface area (TPSA) is 104 Å². The van der Waals surface area contributed by atoms with E-state index in [9.17, 15) is 0 Å². The summed E-state index contributed by atoms with van der Waals surface area (Å²) in [7, 11) is 0. The van der Waals surface area contributed by atoms with Gasteiger partial charge in [0, 0.05) is 70.9 Å². The molecule has 0 aliphatic carbocycles. The van der Waals surface area contributed by atoms with Crippen LogP contribution in [0.5, 0.6) is 0 Å². The number of aromatic nitrogens is 4. The number of nitrogens with zero attached hydrogens (tertiary/aromatic N) is 4. The van der Waals surface area contributed by atoms with E-state index in [-0.39, 0.29) is 0 Å². The van der Waals surface area contributed by atoms with Gasteiger partial charge in [0.15, 0.2) is 11.6 Å². The normalized spacial score (nSPS) is 11.8.